The second-order valence-corrected chi connectivity index (χ2v) is 4.22. The monoisotopic (exact) mass is 186 g/mol. The number of rotatable bonds is 1. The molecule has 1 saturated carbocycles. The Morgan fingerprint density at radius 2 is 2.07 bits per heavy atom. The molecule has 0 saturated heterocycles. The summed E-state index contributed by atoms with van der Waals surface area (Å²) in [6.45, 7) is 0. The van der Waals surface area contributed by atoms with Crippen molar-refractivity contribution in [2.75, 3.05) is 0 Å². The molecule has 0 radical (unpaired) electrons. The summed E-state index contributed by atoms with van der Waals surface area (Å²) < 4.78 is 2.19. The van der Waals surface area contributed by atoms with Crippen LogP contribution in [-0.2, 0) is 7.05 Å². The highest BCUT2D eigenvalue weighted by Crippen LogP contribution is 2.42. The summed E-state index contributed by atoms with van der Waals surface area (Å²) in [6, 6.07) is 8.92. The van der Waals surface area contributed by atoms with Gasteiger partial charge in [-0.2, -0.15) is 0 Å². The zero-order valence-corrected chi connectivity index (χ0v) is 8.27. The molecule has 14 heavy (non-hydrogen) atoms. The minimum Gasteiger partial charge on any atom is -0.350 e. The minimum absolute atomic E-state index is 0.390. The fourth-order valence-electron chi connectivity index (χ4n) is 2.24. The SMILES string of the molecule is Cn1cc([C@@H]2C[C@H]2N)c2ccccc21. The molecule has 1 aromatic heterocycles. The van der Waals surface area contributed by atoms with E-state index < -0.39 is 0 Å². The molecule has 0 spiro atoms. The van der Waals surface area contributed by atoms with E-state index >= 15 is 0 Å². The van der Waals surface area contributed by atoms with Gasteiger partial charge in [-0.15, -0.1) is 0 Å². The highest BCUT2D eigenvalue weighted by atomic mass is 14.9. The molecule has 0 unspecified atom stereocenters. The summed E-state index contributed by atoms with van der Waals surface area (Å²) in [7, 11) is 2.10. The van der Waals surface area contributed by atoms with Crippen LogP contribution >= 0.6 is 0 Å². The standard InChI is InChI=1S/C12H14N2/c1-14-7-10(9-6-11(9)13)8-4-2-3-5-12(8)14/h2-5,7,9,11H,6,13H2,1H3/t9-,11+/m0/s1. The molecule has 1 fully saturated rings. The first-order valence-corrected chi connectivity index (χ1v) is 5.07. The molecule has 0 bridgehead atoms. The van der Waals surface area contributed by atoms with Crippen LogP contribution in [0.5, 0.6) is 0 Å². The van der Waals surface area contributed by atoms with Crippen molar-refractivity contribution < 1.29 is 0 Å². The third-order valence-electron chi connectivity index (χ3n) is 3.17. The normalized spacial score (nSPS) is 25.6. The first-order chi connectivity index (χ1) is 6.77. The van der Waals surface area contributed by atoms with E-state index in [1.165, 1.54) is 16.5 Å². The van der Waals surface area contributed by atoms with E-state index in [9.17, 15) is 0 Å². The van der Waals surface area contributed by atoms with Crippen molar-refractivity contribution in [2.45, 2.75) is 18.4 Å². The second kappa shape index (κ2) is 2.61. The lowest BCUT2D eigenvalue weighted by Crippen LogP contribution is -2.00. The Kier molecular flexibility index (Phi) is 1.50. The van der Waals surface area contributed by atoms with Gasteiger partial charge in [-0.3, -0.25) is 0 Å². The first kappa shape index (κ1) is 8.06. The molecular weight excluding hydrogens is 172 g/mol. The zero-order chi connectivity index (χ0) is 9.71. The van der Waals surface area contributed by atoms with Crippen LogP contribution < -0.4 is 5.73 Å². The van der Waals surface area contributed by atoms with Gasteiger partial charge in [-0.25, -0.2) is 0 Å². The van der Waals surface area contributed by atoms with E-state index in [4.69, 9.17) is 5.73 Å². The van der Waals surface area contributed by atoms with E-state index in [1.54, 1.807) is 0 Å². The van der Waals surface area contributed by atoms with Crippen LogP contribution in [-0.4, -0.2) is 10.6 Å². The maximum atomic E-state index is 5.89. The van der Waals surface area contributed by atoms with Crippen molar-refractivity contribution in [1.29, 1.82) is 0 Å². The molecule has 72 valence electrons. The maximum absolute atomic E-state index is 5.89. The molecule has 0 aliphatic heterocycles. The van der Waals surface area contributed by atoms with Gasteiger partial charge in [0, 0.05) is 36.1 Å². The number of hydrogen-bond acceptors (Lipinski definition) is 1. The lowest BCUT2D eigenvalue weighted by Gasteiger charge is -1.94. The van der Waals surface area contributed by atoms with Crippen LogP contribution in [0.1, 0.15) is 17.9 Å². The number of aryl methyl sites for hydroxylation is 1. The molecule has 2 aromatic rings. The largest absolute Gasteiger partial charge is 0.350 e. The summed E-state index contributed by atoms with van der Waals surface area (Å²) >= 11 is 0. The number of nitrogens with two attached hydrogens (primary N) is 1. The Morgan fingerprint density at radius 3 is 2.79 bits per heavy atom. The van der Waals surface area contributed by atoms with Gasteiger partial charge in [-0.1, -0.05) is 18.2 Å². The number of para-hydroxylation sites is 1. The fourth-order valence-corrected chi connectivity index (χ4v) is 2.24. The van der Waals surface area contributed by atoms with Gasteiger partial charge in [0.15, 0.2) is 0 Å². The molecule has 2 N–H and O–H groups in total. The zero-order valence-electron chi connectivity index (χ0n) is 8.27. The lowest BCUT2D eigenvalue weighted by atomic mass is 10.1. The van der Waals surface area contributed by atoms with Gasteiger partial charge in [0.1, 0.15) is 0 Å². The van der Waals surface area contributed by atoms with E-state index in [0.29, 0.717) is 12.0 Å². The van der Waals surface area contributed by atoms with E-state index in [2.05, 4.69) is 42.1 Å². The van der Waals surface area contributed by atoms with E-state index in [0.717, 1.165) is 6.42 Å². The Balaban J connectivity index is 2.24. The lowest BCUT2D eigenvalue weighted by molar-refractivity contribution is 0.938. The summed E-state index contributed by atoms with van der Waals surface area (Å²) in [5.41, 5.74) is 8.62. The number of nitrogens with zero attached hydrogens (tertiary/aromatic N) is 1. The predicted octanol–water partition coefficient (Wildman–Crippen LogP) is 1.99. The van der Waals surface area contributed by atoms with Crippen molar-refractivity contribution in [3.05, 3.63) is 36.0 Å². The summed E-state index contributed by atoms with van der Waals surface area (Å²) in [5.74, 6) is 0.598. The van der Waals surface area contributed by atoms with Crippen LogP contribution in [0.15, 0.2) is 30.5 Å². The molecule has 0 amide bonds. The van der Waals surface area contributed by atoms with Crippen molar-refractivity contribution in [3.8, 4) is 0 Å². The number of hydrogen-bond donors (Lipinski definition) is 1. The number of aromatic nitrogens is 1. The highest BCUT2D eigenvalue weighted by Gasteiger charge is 2.36. The molecule has 1 aliphatic rings. The van der Waals surface area contributed by atoms with Crippen LogP contribution in [0.25, 0.3) is 10.9 Å². The molecule has 2 heteroatoms. The van der Waals surface area contributed by atoms with Gasteiger partial charge in [-0.05, 0) is 18.1 Å². The van der Waals surface area contributed by atoms with Crippen molar-refractivity contribution >= 4 is 10.9 Å². The quantitative estimate of drug-likeness (QED) is 0.725. The van der Waals surface area contributed by atoms with Crippen molar-refractivity contribution in [2.24, 2.45) is 12.8 Å². The van der Waals surface area contributed by atoms with Crippen molar-refractivity contribution in [1.82, 2.24) is 4.57 Å². The summed E-state index contributed by atoms with van der Waals surface area (Å²) in [6.07, 6.45) is 3.37. The van der Waals surface area contributed by atoms with Crippen LogP contribution in [0.2, 0.25) is 0 Å². The van der Waals surface area contributed by atoms with Gasteiger partial charge in [0.05, 0.1) is 0 Å². The molecule has 2 atom stereocenters. The van der Waals surface area contributed by atoms with Crippen LogP contribution in [0, 0.1) is 0 Å². The maximum Gasteiger partial charge on any atom is 0.0480 e. The molecule has 3 rings (SSSR count). The predicted molar refractivity (Wildman–Crippen MR) is 58.3 cm³/mol. The number of benzene rings is 1. The molecular formula is C12H14N2. The number of fused-ring (bicyclic) bond motifs is 1. The smallest absolute Gasteiger partial charge is 0.0480 e. The average molecular weight is 186 g/mol. The van der Waals surface area contributed by atoms with Gasteiger partial charge < -0.3 is 10.3 Å². The molecule has 1 aliphatic carbocycles. The van der Waals surface area contributed by atoms with Gasteiger partial charge in [0.25, 0.3) is 0 Å². The first-order valence-electron chi connectivity index (χ1n) is 5.07. The van der Waals surface area contributed by atoms with E-state index in [1.807, 2.05) is 0 Å². The van der Waals surface area contributed by atoms with Crippen LogP contribution in [0.4, 0.5) is 0 Å². The molecule has 1 heterocycles. The topological polar surface area (TPSA) is 30.9 Å². The fraction of sp³-hybridized carbons (Fsp3) is 0.333. The average Bonchev–Trinajstić information content (AvgIpc) is 2.82. The summed E-state index contributed by atoms with van der Waals surface area (Å²) in [5, 5.41) is 1.37. The second-order valence-electron chi connectivity index (χ2n) is 4.22. The third-order valence-corrected chi connectivity index (χ3v) is 3.17. The molecule has 2 nitrogen and oxygen atoms in total. The Labute approximate surface area is 83.3 Å². The Hall–Kier alpha value is -1.28. The van der Waals surface area contributed by atoms with Crippen LogP contribution in [0.3, 0.4) is 0 Å². The van der Waals surface area contributed by atoms with Crippen molar-refractivity contribution in [3.63, 3.8) is 0 Å². The Bertz CT molecular complexity index is 484. The van der Waals surface area contributed by atoms with Gasteiger partial charge in [0.2, 0.25) is 0 Å². The Morgan fingerprint density at radius 1 is 1.36 bits per heavy atom. The van der Waals surface area contributed by atoms with E-state index in [-0.39, 0.29) is 0 Å². The highest BCUT2D eigenvalue weighted by molar-refractivity contribution is 5.85. The van der Waals surface area contributed by atoms with Gasteiger partial charge >= 0.3 is 0 Å². The summed E-state index contributed by atoms with van der Waals surface area (Å²) in [4.78, 5) is 0. The molecule has 1 aromatic carbocycles. The minimum atomic E-state index is 0.390. The third kappa shape index (κ3) is 1.01.